The highest BCUT2D eigenvalue weighted by Gasteiger charge is 2.15. The van der Waals surface area contributed by atoms with E-state index >= 15 is 0 Å². The van der Waals surface area contributed by atoms with Crippen molar-refractivity contribution in [1.82, 2.24) is 5.32 Å². The van der Waals surface area contributed by atoms with Crippen LogP contribution in [0.4, 0.5) is 0 Å². The van der Waals surface area contributed by atoms with E-state index in [1.807, 2.05) is 0 Å². The molecule has 0 aromatic carbocycles. The van der Waals surface area contributed by atoms with Crippen LogP contribution < -0.4 is 11.1 Å². The number of halogens is 2. The van der Waals surface area contributed by atoms with E-state index in [1.165, 1.54) is 13.8 Å². The number of carboxylic acid groups (broad SMARTS) is 1. The van der Waals surface area contributed by atoms with E-state index in [4.69, 9.17) is 10.8 Å². The van der Waals surface area contributed by atoms with Gasteiger partial charge < -0.3 is 16.2 Å². The largest absolute Gasteiger partial charge is 0.480 e. The fraction of sp³-hybridized carbons (Fsp3) is 0.667. The number of carboxylic acids is 1. The van der Waals surface area contributed by atoms with Gasteiger partial charge >= 0.3 is 5.97 Å². The number of nitrogens with one attached hydrogen (secondary N) is 1. The molecule has 13 heavy (non-hydrogen) atoms. The molecule has 0 saturated carbocycles. The van der Waals surface area contributed by atoms with Gasteiger partial charge in [0.25, 0.3) is 0 Å². The van der Waals surface area contributed by atoms with Crippen LogP contribution in [0, 0.1) is 0 Å². The normalized spacial score (nSPS) is 12.8. The van der Waals surface area contributed by atoms with E-state index in [9.17, 15) is 9.59 Å². The number of hydrogen-bond acceptors (Lipinski definition) is 3. The molecule has 0 bridgehead atoms. The van der Waals surface area contributed by atoms with E-state index < -0.39 is 24.0 Å². The maximum atomic E-state index is 10.8. The van der Waals surface area contributed by atoms with Gasteiger partial charge in [-0.15, -0.1) is 24.8 Å². The van der Waals surface area contributed by atoms with Gasteiger partial charge in [-0.2, -0.15) is 0 Å². The van der Waals surface area contributed by atoms with E-state index in [0.29, 0.717) is 0 Å². The van der Waals surface area contributed by atoms with Crippen molar-refractivity contribution in [3.8, 4) is 0 Å². The van der Waals surface area contributed by atoms with Crippen LogP contribution in [0.15, 0.2) is 0 Å². The second-order valence-corrected chi connectivity index (χ2v) is 2.36. The van der Waals surface area contributed by atoms with Crippen LogP contribution >= 0.6 is 24.8 Å². The lowest BCUT2D eigenvalue weighted by molar-refractivity contribution is -0.141. The minimum atomic E-state index is -1.07. The molecule has 0 radical (unpaired) electrons. The Morgan fingerprint density at radius 3 is 1.92 bits per heavy atom. The van der Waals surface area contributed by atoms with Crippen LogP contribution in [-0.4, -0.2) is 29.1 Å². The molecule has 0 aliphatic rings. The molecule has 1 amide bonds. The Morgan fingerprint density at radius 2 is 1.69 bits per heavy atom. The topological polar surface area (TPSA) is 92.4 Å². The summed E-state index contributed by atoms with van der Waals surface area (Å²) < 4.78 is 0. The van der Waals surface area contributed by atoms with Crippen molar-refractivity contribution in [2.45, 2.75) is 25.9 Å². The van der Waals surface area contributed by atoms with Crippen LogP contribution in [-0.2, 0) is 9.59 Å². The molecule has 0 fully saturated rings. The van der Waals surface area contributed by atoms with Gasteiger partial charge in [-0.05, 0) is 13.8 Å². The lowest BCUT2D eigenvalue weighted by Crippen LogP contribution is -2.45. The molecule has 0 aromatic heterocycles. The van der Waals surface area contributed by atoms with Crippen molar-refractivity contribution in [2.24, 2.45) is 5.73 Å². The van der Waals surface area contributed by atoms with Gasteiger partial charge in [0.15, 0.2) is 0 Å². The molecule has 0 spiro atoms. The van der Waals surface area contributed by atoms with Gasteiger partial charge in [-0.1, -0.05) is 0 Å². The minimum Gasteiger partial charge on any atom is -0.480 e. The monoisotopic (exact) mass is 232 g/mol. The zero-order chi connectivity index (χ0) is 9.02. The molecule has 7 heteroatoms. The fourth-order valence-corrected chi connectivity index (χ4v) is 0.407. The molecule has 0 aromatic rings. The van der Waals surface area contributed by atoms with Crippen molar-refractivity contribution in [3.63, 3.8) is 0 Å². The maximum absolute atomic E-state index is 10.8. The third-order valence-corrected chi connectivity index (χ3v) is 1.14. The summed E-state index contributed by atoms with van der Waals surface area (Å²) in [6.07, 6.45) is 0. The predicted molar refractivity (Wildman–Crippen MR) is 53.4 cm³/mol. The average Bonchev–Trinajstić information content (AvgIpc) is 1.87. The van der Waals surface area contributed by atoms with Crippen molar-refractivity contribution in [2.75, 3.05) is 0 Å². The first-order valence-electron chi connectivity index (χ1n) is 3.24. The van der Waals surface area contributed by atoms with Crippen molar-refractivity contribution in [1.29, 1.82) is 0 Å². The quantitative estimate of drug-likeness (QED) is 0.627. The number of amides is 1. The highest BCUT2D eigenvalue weighted by Crippen LogP contribution is 1.83. The van der Waals surface area contributed by atoms with Gasteiger partial charge in [0.05, 0.1) is 6.04 Å². The Morgan fingerprint density at radius 1 is 1.31 bits per heavy atom. The summed E-state index contributed by atoms with van der Waals surface area (Å²) in [7, 11) is 0. The molecule has 0 saturated heterocycles. The molecule has 0 rings (SSSR count). The number of nitrogens with two attached hydrogens (primary N) is 1. The third-order valence-electron chi connectivity index (χ3n) is 1.14. The molecule has 0 aliphatic carbocycles. The molecule has 0 heterocycles. The number of carbonyl (C=O) groups is 2. The average molecular weight is 233 g/mol. The van der Waals surface area contributed by atoms with Crippen LogP contribution in [0.3, 0.4) is 0 Å². The van der Waals surface area contributed by atoms with Crippen LogP contribution in [0.1, 0.15) is 13.8 Å². The maximum Gasteiger partial charge on any atom is 0.325 e. The lowest BCUT2D eigenvalue weighted by atomic mass is 10.3. The Kier molecular flexibility index (Phi) is 11.4. The molecule has 0 aliphatic heterocycles. The molecule has 2 atom stereocenters. The molecular weight excluding hydrogens is 219 g/mol. The number of carbonyl (C=O) groups excluding carboxylic acids is 1. The summed E-state index contributed by atoms with van der Waals surface area (Å²) in [5.41, 5.74) is 5.18. The third kappa shape index (κ3) is 7.83. The highest BCUT2D eigenvalue weighted by atomic mass is 35.5. The fourth-order valence-electron chi connectivity index (χ4n) is 0.407. The van der Waals surface area contributed by atoms with E-state index in [-0.39, 0.29) is 24.8 Å². The zero-order valence-corrected chi connectivity index (χ0v) is 8.95. The lowest BCUT2D eigenvalue weighted by Gasteiger charge is -2.10. The second-order valence-electron chi connectivity index (χ2n) is 2.36. The molecule has 4 N–H and O–H groups in total. The summed E-state index contributed by atoms with van der Waals surface area (Å²) in [6.45, 7) is 2.87. The van der Waals surface area contributed by atoms with Gasteiger partial charge in [0.1, 0.15) is 6.04 Å². The second kappa shape index (κ2) is 8.10. The number of aliphatic carboxylic acids is 1. The Bertz CT molecular complexity index is 175. The standard InChI is InChI=1S/C6H12N2O3.2ClH/c1-3(7)5(9)8-4(2)6(10)11;;/h3-4H,7H2,1-2H3,(H,8,9)(H,10,11);2*1H/t3-,4?;;/m1../s1. The van der Waals surface area contributed by atoms with E-state index in [1.54, 1.807) is 0 Å². The molecule has 5 nitrogen and oxygen atoms in total. The number of rotatable bonds is 3. The zero-order valence-electron chi connectivity index (χ0n) is 7.31. The van der Waals surface area contributed by atoms with Gasteiger partial charge in [-0.25, -0.2) is 0 Å². The first kappa shape index (κ1) is 18.3. The first-order valence-corrected chi connectivity index (χ1v) is 3.24. The first-order chi connectivity index (χ1) is 4.95. The summed E-state index contributed by atoms with van der Waals surface area (Å²) >= 11 is 0. The van der Waals surface area contributed by atoms with Crippen molar-refractivity contribution >= 4 is 36.7 Å². The summed E-state index contributed by atoms with van der Waals surface area (Å²) in [4.78, 5) is 21.0. The summed E-state index contributed by atoms with van der Waals surface area (Å²) in [6, 6.07) is -1.55. The number of hydrogen-bond donors (Lipinski definition) is 3. The van der Waals surface area contributed by atoms with Crippen molar-refractivity contribution < 1.29 is 14.7 Å². The molecule has 80 valence electrons. The molecular formula is C6H14Cl2N2O3. The highest BCUT2D eigenvalue weighted by molar-refractivity contribution is 5.86. The van der Waals surface area contributed by atoms with Crippen molar-refractivity contribution in [3.05, 3.63) is 0 Å². The summed E-state index contributed by atoms with van der Waals surface area (Å²) in [5, 5.41) is 10.6. The van der Waals surface area contributed by atoms with E-state index in [0.717, 1.165) is 0 Å². The van der Waals surface area contributed by atoms with Gasteiger partial charge in [0, 0.05) is 0 Å². The summed E-state index contributed by atoms with van der Waals surface area (Å²) in [5.74, 6) is -1.53. The minimum absolute atomic E-state index is 0. The SMILES string of the molecule is CC(NC(=O)[C@@H](C)N)C(=O)O.Cl.Cl. The Labute approximate surface area is 88.9 Å². The van der Waals surface area contributed by atoms with Gasteiger partial charge in [-0.3, -0.25) is 9.59 Å². The van der Waals surface area contributed by atoms with Crippen LogP contribution in [0.25, 0.3) is 0 Å². The molecule has 1 unspecified atom stereocenters. The smallest absolute Gasteiger partial charge is 0.325 e. The Balaban J connectivity index is -0.000000500. The Hall–Kier alpha value is -0.520. The predicted octanol–water partition coefficient (Wildman–Crippen LogP) is -0.233. The van der Waals surface area contributed by atoms with Gasteiger partial charge in [0.2, 0.25) is 5.91 Å². The van der Waals surface area contributed by atoms with Crippen LogP contribution in [0.2, 0.25) is 0 Å². The van der Waals surface area contributed by atoms with E-state index in [2.05, 4.69) is 5.32 Å². The van der Waals surface area contributed by atoms with Crippen LogP contribution in [0.5, 0.6) is 0 Å².